The van der Waals surface area contributed by atoms with Crippen molar-refractivity contribution in [1.29, 1.82) is 5.26 Å². The molecule has 2 aromatic carbocycles. The second kappa shape index (κ2) is 11.9. The number of benzene rings is 2. The molecule has 0 fully saturated rings. The summed E-state index contributed by atoms with van der Waals surface area (Å²) in [5.41, 5.74) is 2.71. The summed E-state index contributed by atoms with van der Waals surface area (Å²) in [6.07, 6.45) is 3.32. The first-order chi connectivity index (χ1) is 15.6. The van der Waals surface area contributed by atoms with Crippen LogP contribution in [0.2, 0.25) is 0 Å². The summed E-state index contributed by atoms with van der Waals surface area (Å²) < 4.78 is 11.1. The number of amides is 1. The second-order valence-corrected chi connectivity index (χ2v) is 8.86. The second-order valence-electron chi connectivity index (χ2n) is 8.86. The van der Waals surface area contributed by atoms with E-state index in [0.717, 1.165) is 24.0 Å². The average molecular weight is 449 g/mol. The molecule has 1 N–H and O–H groups in total. The molecule has 1 amide bonds. The SMILES string of the molecule is CCCCNC(=O)/C(C#N)=C/c1ccc(OC(=O)COc2ccc(C)cc2C(C)(C)C)cc1. The van der Waals surface area contributed by atoms with E-state index in [-0.39, 0.29) is 17.6 Å². The van der Waals surface area contributed by atoms with Crippen molar-refractivity contribution in [2.75, 3.05) is 13.2 Å². The molecule has 0 atom stereocenters. The molecular formula is C27H32N2O4. The van der Waals surface area contributed by atoms with Crippen LogP contribution < -0.4 is 14.8 Å². The normalized spacial score (nSPS) is 11.5. The van der Waals surface area contributed by atoms with Crippen LogP contribution in [-0.2, 0) is 15.0 Å². The fourth-order valence-electron chi connectivity index (χ4n) is 3.07. The van der Waals surface area contributed by atoms with E-state index in [4.69, 9.17) is 9.47 Å². The Morgan fingerprint density at radius 2 is 1.82 bits per heavy atom. The van der Waals surface area contributed by atoms with Gasteiger partial charge in [0.25, 0.3) is 5.91 Å². The molecule has 2 aromatic rings. The van der Waals surface area contributed by atoms with Crippen LogP contribution in [0.25, 0.3) is 6.08 Å². The molecule has 0 aromatic heterocycles. The number of carbonyl (C=O) groups is 2. The van der Waals surface area contributed by atoms with Crippen molar-refractivity contribution in [2.24, 2.45) is 0 Å². The van der Waals surface area contributed by atoms with Crippen molar-refractivity contribution in [3.63, 3.8) is 0 Å². The van der Waals surface area contributed by atoms with Crippen molar-refractivity contribution in [2.45, 2.75) is 52.9 Å². The first-order valence-electron chi connectivity index (χ1n) is 11.1. The molecule has 0 saturated carbocycles. The van der Waals surface area contributed by atoms with E-state index >= 15 is 0 Å². The topological polar surface area (TPSA) is 88.4 Å². The van der Waals surface area contributed by atoms with Gasteiger partial charge in [0.1, 0.15) is 23.1 Å². The van der Waals surface area contributed by atoms with E-state index < -0.39 is 11.9 Å². The predicted molar refractivity (Wildman–Crippen MR) is 129 cm³/mol. The predicted octanol–water partition coefficient (Wildman–Crippen LogP) is 5.10. The Kier molecular flexibility index (Phi) is 9.23. The number of rotatable bonds is 9. The highest BCUT2D eigenvalue weighted by Gasteiger charge is 2.20. The number of hydrogen-bond donors (Lipinski definition) is 1. The van der Waals surface area contributed by atoms with Gasteiger partial charge in [-0.2, -0.15) is 5.26 Å². The molecule has 0 aliphatic rings. The summed E-state index contributed by atoms with van der Waals surface area (Å²) in [6.45, 7) is 10.6. The summed E-state index contributed by atoms with van der Waals surface area (Å²) in [7, 11) is 0. The number of esters is 1. The maximum Gasteiger partial charge on any atom is 0.349 e. The van der Waals surface area contributed by atoms with Crippen molar-refractivity contribution < 1.29 is 19.1 Å². The lowest BCUT2D eigenvalue weighted by molar-refractivity contribution is -0.136. The Morgan fingerprint density at radius 3 is 2.42 bits per heavy atom. The van der Waals surface area contributed by atoms with Crippen LogP contribution in [0.4, 0.5) is 0 Å². The molecule has 0 aliphatic carbocycles. The third kappa shape index (κ3) is 8.12. The molecule has 0 radical (unpaired) electrons. The average Bonchev–Trinajstić information content (AvgIpc) is 2.77. The maximum absolute atomic E-state index is 12.3. The number of nitrogens with zero attached hydrogens (tertiary/aromatic N) is 1. The third-order valence-corrected chi connectivity index (χ3v) is 4.89. The minimum absolute atomic E-state index is 0.0250. The highest BCUT2D eigenvalue weighted by molar-refractivity contribution is 6.01. The fraction of sp³-hybridized carbons (Fsp3) is 0.370. The minimum atomic E-state index is -0.522. The van der Waals surface area contributed by atoms with Crippen LogP contribution in [0, 0.1) is 18.3 Å². The van der Waals surface area contributed by atoms with Crippen LogP contribution in [0.5, 0.6) is 11.5 Å². The summed E-state index contributed by atoms with van der Waals surface area (Å²) in [6, 6.07) is 14.4. The number of ether oxygens (including phenoxy) is 2. The zero-order valence-corrected chi connectivity index (χ0v) is 20.0. The standard InChI is InChI=1S/C27H32N2O4/c1-6-7-14-29-26(31)21(17-28)16-20-9-11-22(12-10-20)33-25(30)18-32-24-13-8-19(2)15-23(24)27(3,4)5/h8-13,15-16H,6-7,14,18H2,1-5H3,(H,29,31)/b21-16+. The maximum atomic E-state index is 12.3. The number of carbonyl (C=O) groups excluding carboxylic acids is 2. The van der Waals surface area contributed by atoms with Gasteiger partial charge in [-0.05, 0) is 54.2 Å². The van der Waals surface area contributed by atoms with Crippen molar-refractivity contribution in [3.8, 4) is 17.6 Å². The highest BCUT2D eigenvalue weighted by Crippen LogP contribution is 2.32. The largest absolute Gasteiger partial charge is 0.482 e. The minimum Gasteiger partial charge on any atom is -0.482 e. The Hall–Kier alpha value is -3.59. The summed E-state index contributed by atoms with van der Waals surface area (Å²) in [5.74, 6) is 0.0921. The van der Waals surface area contributed by atoms with Crippen molar-refractivity contribution >= 4 is 18.0 Å². The lowest BCUT2D eigenvalue weighted by Crippen LogP contribution is -2.25. The van der Waals surface area contributed by atoms with E-state index in [1.807, 2.05) is 32.0 Å². The lowest BCUT2D eigenvalue weighted by atomic mass is 9.85. The molecule has 0 spiro atoms. The number of hydrogen-bond acceptors (Lipinski definition) is 5. The molecule has 6 heteroatoms. The molecule has 0 unspecified atom stereocenters. The summed E-state index contributed by atoms with van der Waals surface area (Å²) >= 11 is 0. The zero-order valence-electron chi connectivity index (χ0n) is 20.0. The number of aryl methyl sites for hydroxylation is 1. The van der Waals surface area contributed by atoms with Gasteiger partial charge in [-0.3, -0.25) is 4.79 Å². The molecule has 0 saturated heterocycles. The van der Waals surface area contributed by atoms with E-state index in [2.05, 4.69) is 32.2 Å². The van der Waals surface area contributed by atoms with Gasteiger partial charge >= 0.3 is 5.97 Å². The molecular weight excluding hydrogens is 416 g/mol. The first kappa shape index (κ1) is 25.7. The van der Waals surface area contributed by atoms with Gasteiger partial charge in [0.15, 0.2) is 6.61 Å². The number of unbranched alkanes of at least 4 members (excludes halogenated alkanes) is 1. The van der Waals surface area contributed by atoms with Gasteiger partial charge < -0.3 is 14.8 Å². The Labute approximate surface area is 196 Å². The number of nitriles is 1. The summed E-state index contributed by atoms with van der Waals surface area (Å²) in [5, 5.41) is 12.0. The number of nitrogens with one attached hydrogen (secondary N) is 1. The van der Waals surface area contributed by atoms with Crippen LogP contribution >= 0.6 is 0 Å². The van der Waals surface area contributed by atoms with Crippen molar-refractivity contribution in [3.05, 3.63) is 64.7 Å². The van der Waals surface area contributed by atoms with Crippen LogP contribution in [-0.4, -0.2) is 25.0 Å². The van der Waals surface area contributed by atoms with Gasteiger partial charge in [0.05, 0.1) is 0 Å². The Balaban J connectivity index is 1.98. The highest BCUT2D eigenvalue weighted by atomic mass is 16.6. The zero-order chi connectivity index (χ0) is 24.4. The molecule has 0 heterocycles. The van der Waals surface area contributed by atoms with E-state index in [0.29, 0.717) is 23.6 Å². The van der Waals surface area contributed by atoms with Gasteiger partial charge in [0.2, 0.25) is 0 Å². The monoisotopic (exact) mass is 448 g/mol. The molecule has 0 aliphatic heterocycles. The van der Waals surface area contributed by atoms with Crippen molar-refractivity contribution in [1.82, 2.24) is 5.32 Å². The molecule has 2 rings (SSSR count). The van der Waals surface area contributed by atoms with E-state index in [9.17, 15) is 14.9 Å². The lowest BCUT2D eigenvalue weighted by Gasteiger charge is -2.23. The van der Waals surface area contributed by atoms with Gasteiger partial charge in [-0.25, -0.2) is 4.79 Å². The van der Waals surface area contributed by atoms with E-state index in [1.54, 1.807) is 24.3 Å². The third-order valence-electron chi connectivity index (χ3n) is 4.89. The fourth-order valence-corrected chi connectivity index (χ4v) is 3.07. The molecule has 0 bridgehead atoms. The quantitative estimate of drug-likeness (QED) is 0.190. The van der Waals surface area contributed by atoms with Gasteiger partial charge in [-0.1, -0.05) is 63.9 Å². The summed E-state index contributed by atoms with van der Waals surface area (Å²) in [4.78, 5) is 24.4. The van der Waals surface area contributed by atoms with Crippen LogP contribution in [0.3, 0.4) is 0 Å². The smallest absolute Gasteiger partial charge is 0.349 e. The Bertz CT molecular complexity index is 1040. The van der Waals surface area contributed by atoms with E-state index in [1.165, 1.54) is 6.08 Å². The van der Waals surface area contributed by atoms with Crippen LogP contribution in [0.15, 0.2) is 48.0 Å². The Morgan fingerprint density at radius 1 is 1.12 bits per heavy atom. The van der Waals surface area contributed by atoms with Crippen LogP contribution in [0.1, 0.15) is 57.2 Å². The van der Waals surface area contributed by atoms with Gasteiger partial charge in [0, 0.05) is 6.54 Å². The first-order valence-corrected chi connectivity index (χ1v) is 11.1. The molecule has 174 valence electrons. The molecule has 33 heavy (non-hydrogen) atoms. The van der Waals surface area contributed by atoms with Gasteiger partial charge in [-0.15, -0.1) is 0 Å². The molecule has 6 nitrogen and oxygen atoms in total.